The van der Waals surface area contributed by atoms with Crippen molar-refractivity contribution < 1.29 is 33.0 Å². The van der Waals surface area contributed by atoms with E-state index in [0.29, 0.717) is 32.1 Å². The van der Waals surface area contributed by atoms with Crippen molar-refractivity contribution in [3.63, 3.8) is 0 Å². The van der Waals surface area contributed by atoms with Crippen LogP contribution in [0.25, 0.3) is 0 Å². The number of anilines is 1. The summed E-state index contributed by atoms with van der Waals surface area (Å²) in [6.07, 6.45) is 0.910. The summed E-state index contributed by atoms with van der Waals surface area (Å²) in [6, 6.07) is 2.78. The second-order valence-electron chi connectivity index (χ2n) is 7.02. The lowest BCUT2D eigenvalue weighted by atomic mass is 10.0. The molecule has 0 bridgehead atoms. The first-order chi connectivity index (χ1) is 13.4. The fourth-order valence-electron chi connectivity index (χ4n) is 3.73. The first-order valence-corrected chi connectivity index (χ1v) is 9.22. The molecule has 152 valence electrons. The van der Waals surface area contributed by atoms with Crippen LogP contribution < -0.4 is 4.90 Å². The second-order valence-corrected chi connectivity index (χ2v) is 7.02. The number of carboxylic acids is 1. The van der Waals surface area contributed by atoms with Crippen molar-refractivity contribution in [3.8, 4) is 0 Å². The average Bonchev–Trinajstić information content (AvgIpc) is 3.04. The molecular formula is C19H22F2N2O5. The fraction of sp³-hybridized carbons (Fsp3) is 0.526. The molecule has 2 aliphatic rings. The van der Waals surface area contributed by atoms with Crippen LogP contribution in [0.4, 0.5) is 14.5 Å². The van der Waals surface area contributed by atoms with Crippen molar-refractivity contribution in [2.24, 2.45) is 5.92 Å². The molecule has 2 saturated heterocycles. The predicted octanol–water partition coefficient (Wildman–Crippen LogP) is 1.80. The predicted molar refractivity (Wildman–Crippen MR) is 94.6 cm³/mol. The Balaban J connectivity index is 1.75. The Hall–Kier alpha value is -2.55. The Morgan fingerprint density at radius 3 is 2.61 bits per heavy atom. The smallest absolute Gasteiger partial charge is 0.305 e. The van der Waals surface area contributed by atoms with Crippen molar-refractivity contribution in [1.29, 1.82) is 0 Å². The van der Waals surface area contributed by atoms with Crippen LogP contribution in [0.1, 0.15) is 25.7 Å². The van der Waals surface area contributed by atoms with E-state index < -0.39 is 29.4 Å². The molecule has 0 radical (unpaired) electrons. The number of halogens is 2. The van der Waals surface area contributed by atoms with Gasteiger partial charge in [0.25, 0.3) is 0 Å². The number of carbonyl (C=O) groups is 3. The summed E-state index contributed by atoms with van der Waals surface area (Å²) in [7, 11) is 0. The third kappa shape index (κ3) is 4.46. The van der Waals surface area contributed by atoms with Crippen molar-refractivity contribution in [2.75, 3.05) is 31.2 Å². The highest BCUT2D eigenvalue weighted by molar-refractivity contribution is 6.00. The zero-order valence-corrected chi connectivity index (χ0v) is 15.3. The molecule has 0 aliphatic carbocycles. The maximum atomic E-state index is 14.1. The van der Waals surface area contributed by atoms with Gasteiger partial charge in [0.2, 0.25) is 11.8 Å². The molecule has 2 amide bonds. The van der Waals surface area contributed by atoms with Gasteiger partial charge in [-0.25, -0.2) is 8.78 Å². The summed E-state index contributed by atoms with van der Waals surface area (Å²) in [5, 5.41) is 9.00. The molecule has 0 saturated carbocycles. The maximum absolute atomic E-state index is 14.1. The van der Waals surface area contributed by atoms with E-state index in [2.05, 4.69) is 0 Å². The molecule has 7 nitrogen and oxygen atoms in total. The summed E-state index contributed by atoms with van der Waals surface area (Å²) >= 11 is 0. The van der Waals surface area contributed by atoms with E-state index in [1.54, 1.807) is 0 Å². The Kier molecular flexibility index (Phi) is 6.23. The SMILES string of the molecule is O=C(O)CCN(C(=O)[C@@H]1CC(=O)N(c2ccc(F)cc2F)C1)C1CCOCC1. The van der Waals surface area contributed by atoms with Crippen molar-refractivity contribution in [3.05, 3.63) is 29.8 Å². The molecule has 0 spiro atoms. The minimum atomic E-state index is -1.01. The highest BCUT2D eigenvalue weighted by Crippen LogP contribution is 2.30. The van der Waals surface area contributed by atoms with Gasteiger partial charge in [0.15, 0.2) is 0 Å². The molecule has 1 atom stereocenters. The monoisotopic (exact) mass is 396 g/mol. The molecule has 1 aromatic rings. The number of benzene rings is 1. The number of carboxylic acid groups (broad SMARTS) is 1. The van der Waals surface area contributed by atoms with E-state index in [0.717, 1.165) is 11.0 Å². The van der Waals surface area contributed by atoms with Crippen molar-refractivity contribution in [1.82, 2.24) is 4.90 Å². The van der Waals surface area contributed by atoms with Crippen molar-refractivity contribution in [2.45, 2.75) is 31.7 Å². The van der Waals surface area contributed by atoms with Crippen LogP contribution in [0.3, 0.4) is 0 Å². The van der Waals surface area contributed by atoms with Crippen molar-refractivity contribution >= 4 is 23.5 Å². The van der Waals surface area contributed by atoms with Gasteiger partial charge in [-0.2, -0.15) is 0 Å². The molecule has 3 rings (SSSR count). The van der Waals surface area contributed by atoms with Gasteiger partial charge in [0.05, 0.1) is 18.0 Å². The lowest BCUT2D eigenvalue weighted by Crippen LogP contribution is -2.47. The van der Waals surface area contributed by atoms with Gasteiger partial charge < -0.3 is 19.6 Å². The van der Waals surface area contributed by atoms with E-state index in [4.69, 9.17) is 9.84 Å². The van der Waals surface area contributed by atoms with Crippen LogP contribution in [0.2, 0.25) is 0 Å². The van der Waals surface area contributed by atoms with Crippen LogP contribution >= 0.6 is 0 Å². The van der Waals surface area contributed by atoms with Crippen LogP contribution in [-0.4, -0.2) is 60.1 Å². The first-order valence-electron chi connectivity index (χ1n) is 9.22. The summed E-state index contributed by atoms with van der Waals surface area (Å²) in [5.74, 6) is -4.06. The lowest BCUT2D eigenvalue weighted by molar-refractivity contribution is -0.142. The zero-order chi connectivity index (χ0) is 20.3. The first kappa shape index (κ1) is 20.2. The Bertz CT molecular complexity index is 767. The molecule has 2 fully saturated rings. The third-order valence-electron chi connectivity index (χ3n) is 5.16. The Morgan fingerprint density at radius 2 is 1.96 bits per heavy atom. The number of hydrogen-bond donors (Lipinski definition) is 1. The molecule has 9 heteroatoms. The molecular weight excluding hydrogens is 374 g/mol. The highest BCUT2D eigenvalue weighted by Gasteiger charge is 2.40. The number of ether oxygens (including phenoxy) is 1. The molecule has 1 aromatic carbocycles. The van der Waals surface area contributed by atoms with E-state index >= 15 is 0 Å². The summed E-state index contributed by atoms with van der Waals surface area (Å²) in [6.45, 7) is 0.998. The van der Waals surface area contributed by atoms with E-state index in [1.165, 1.54) is 11.0 Å². The van der Waals surface area contributed by atoms with E-state index in [9.17, 15) is 23.2 Å². The van der Waals surface area contributed by atoms with Gasteiger partial charge in [-0.15, -0.1) is 0 Å². The van der Waals surface area contributed by atoms with Gasteiger partial charge in [-0.1, -0.05) is 0 Å². The summed E-state index contributed by atoms with van der Waals surface area (Å²) < 4.78 is 32.5. The number of nitrogens with zero attached hydrogens (tertiary/aromatic N) is 2. The molecule has 1 N–H and O–H groups in total. The Morgan fingerprint density at radius 1 is 1.25 bits per heavy atom. The maximum Gasteiger partial charge on any atom is 0.305 e. The number of aliphatic carboxylic acids is 1. The quantitative estimate of drug-likeness (QED) is 0.792. The minimum absolute atomic E-state index is 0.0208. The van der Waals surface area contributed by atoms with Crippen LogP contribution in [-0.2, 0) is 19.1 Å². The zero-order valence-electron chi connectivity index (χ0n) is 15.3. The molecule has 28 heavy (non-hydrogen) atoms. The minimum Gasteiger partial charge on any atom is -0.481 e. The lowest BCUT2D eigenvalue weighted by Gasteiger charge is -2.35. The molecule has 0 aromatic heterocycles. The second kappa shape index (κ2) is 8.64. The number of amides is 2. The topological polar surface area (TPSA) is 87.2 Å². The van der Waals surface area contributed by atoms with E-state index in [-0.39, 0.29) is 43.6 Å². The Labute approximate surface area is 160 Å². The number of hydrogen-bond acceptors (Lipinski definition) is 4. The van der Waals surface area contributed by atoms with Crippen LogP contribution in [0.15, 0.2) is 18.2 Å². The van der Waals surface area contributed by atoms with Gasteiger partial charge in [0, 0.05) is 44.8 Å². The highest BCUT2D eigenvalue weighted by atomic mass is 19.1. The standard InChI is InChI=1S/C19H22F2N2O5/c20-13-1-2-16(15(21)10-13)23-11-12(9-17(23)24)19(27)22(6-3-18(25)26)14-4-7-28-8-5-14/h1-2,10,12,14H,3-9,11H2,(H,25,26)/t12-/m1/s1. The van der Waals surface area contributed by atoms with Gasteiger partial charge in [-0.05, 0) is 25.0 Å². The summed E-state index contributed by atoms with van der Waals surface area (Å²) in [4.78, 5) is 39.1. The van der Waals surface area contributed by atoms with Crippen LogP contribution in [0.5, 0.6) is 0 Å². The van der Waals surface area contributed by atoms with Gasteiger partial charge in [0.1, 0.15) is 11.6 Å². The molecule has 2 heterocycles. The number of rotatable bonds is 6. The molecule has 0 unspecified atom stereocenters. The third-order valence-corrected chi connectivity index (χ3v) is 5.16. The average molecular weight is 396 g/mol. The summed E-state index contributed by atoms with van der Waals surface area (Å²) in [5.41, 5.74) is -0.0650. The largest absolute Gasteiger partial charge is 0.481 e. The normalized spacial score (nSPS) is 20.4. The van der Waals surface area contributed by atoms with Gasteiger partial charge in [-0.3, -0.25) is 14.4 Å². The van der Waals surface area contributed by atoms with Gasteiger partial charge >= 0.3 is 5.97 Å². The molecule has 2 aliphatic heterocycles. The fourth-order valence-corrected chi connectivity index (χ4v) is 3.73. The van der Waals surface area contributed by atoms with Crippen LogP contribution in [0, 0.1) is 17.6 Å². The number of carbonyl (C=O) groups excluding carboxylic acids is 2. The van der Waals surface area contributed by atoms with E-state index in [1.807, 2.05) is 0 Å².